The van der Waals surface area contributed by atoms with Gasteiger partial charge in [0.25, 0.3) is 0 Å². The zero-order valence-electron chi connectivity index (χ0n) is 12.3. The third kappa shape index (κ3) is 4.20. The summed E-state index contributed by atoms with van der Waals surface area (Å²) >= 11 is 3.37. The topological polar surface area (TPSA) is 49.4 Å². The first-order chi connectivity index (χ1) is 9.46. The molecule has 1 aromatic carbocycles. The molecule has 0 aliphatic carbocycles. The maximum atomic E-state index is 13.0. The highest BCUT2D eigenvalue weighted by molar-refractivity contribution is 9.10. The highest BCUT2D eigenvalue weighted by Crippen LogP contribution is 2.28. The molecule has 1 fully saturated rings. The number of aryl methyl sites for hydroxylation is 1. The van der Waals surface area contributed by atoms with Crippen molar-refractivity contribution in [2.45, 2.75) is 37.6 Å². The quantitative estimate of drug-likeness (QED) is 0.831. The van der Waals surface area contributed by atoms with Crippen LogP contribution >= 0.6 is 28.3 Å². The Morgan fingerprint density at radius 1 is 1.43 bits per heavy atom. The number of halogens is 2. The fourth-order valence-electron chi connectivity index (χ4n) is 2.54. The minimum absolute atomic E-state index is 0. The molecule has 120 valence electrons. The number of rotatable bonds is 5. The van der Waals surface area contributed by atoms with Gasteiger partial charge < -0.3 is 5.32 Å². The lowest BCUT2D eigenvalue weighted by Gasteiger charge is -2.27. The van der Waals surface area contributed by atoms with E-state index in [4.69, 9.17) is 0 Å². The second-order valence-electron chi connectivity index (χ2n) is 5.20. The van der Waals surface area contributed by atoms with Gasteiger partial charge in [0.1, 0.15) is 0 Å². The van der Waals surface area contributed by atoms with E-state index in [9.17, 15) is 8.42 Å². The average Bonchev–Trinajstić information content (AvgIpc) is 2.92. The molecule has 21 heavy (non-hydrogen) atoms. The smallest absolute Gasteiger partial charge is 0.244 e. The summed E-state index contributed by atoms with van der Waals surface area (Å²) in [6.07, 6.45) is 1.70. The van der Waals surface area contributed by atoms with Crippen molar-refractivity contribution in [2.75, 3.05) is 19.6 Å². The molecule has 0 amide bonds. The number of hydrogen-bond donors (Lipinski definition) is 1. The first kappa shape index (κ1) is 18.9. The van der Waals surface area contributed by atoms with Gasteiger partial charge in [-0.3, -0.25) is 0 Å². The van der Waals surface area contributed by atoms with E-state index >= 15 is 0 Å². The molecule has 1 unspecified atom stereocenters. The maximum absolute atomic E-state index is 13.0. The molecule has 0 spiro atoms. The van der Waals surface area contributed by atoms with Crippen LogP contribution < -0.4 is 5.32 Å². The van der Waals surface area contributed by atoms with Crippen molar-refractivity contribution >= 4 is 38.4 Å². The zero-order valence-corrected chi connectivity index (χ0v) is 15.5. The minimum Gasteiger partial charge on any atom is -0.315 e. The van der Waals surface area contributed by atoms with Crippen LogP contribution in [0.3, 0.4) is 0 Å². The van der Waals surface area contributed by atoms with Gasteiger partial charge in [-0.2, -0.15) is 4.31 Å². The molecule has 2 rings (SSSR count). The molecule has 0 aromatic heterocycles. The molecule has 1 aliphatic rings. The molecule has 1 aliphatic heterocycles. The summed E-state index contributed by atoms with van der Waals surface area (Å²) in [6, 6.07) is 5.51. The van der Waals surface area contributed by atoms with Crippen LogP contribution in [-0.2, 0) is 10.0 Å². The van der Waals surface area contributed by atoms with Crippen molar-refractivity contribution in [1.29, 1.82) is 0 Å². The molecule has 0 saturated carbocycles. The van der Waals surface area contributed by atoms with E-state index in [0.29, 0.717) is 15.9 Å². The highest BCUT2D eigenvalue weighted by atomic mass is 79.9. The SMILES string of the molecule is CCCN(C1CCNC1)S(=O)(=O)c1cc(C)ccc1Br.Cl. The van der Waals surface area contributed by atoms with Gasteiger partial charge in [-0.15, -0.1) is 12.4 Å². The Labute approximate surface area is 141 Å². The van der Waals surface area contributed by atoms with Crippen LogP contribution in [0, 0.1) is 6.92 Å². The highest BCUT2D eigenvalue weighted by Gasteiger charge is 2.33. The van der Waals surface area contributed by atoms with Gasteiger partial charge in [0.2, 0.25) is 10.0 Å². The van der Waals surface area contributed by atoms with Crippen molar-refractivity contribution in [1.82, 2.24) is 9.62 Å². The van der Waals surface area contributed by atoms with E-state index in [-0.39, 0.29) is 18.4 Å². The van der Waals surface area contributed by atoms with Gasteiger partial charge in [0.15, 0.2) is 0 Å². The largest absolute Gasteiger partial charge is 0.315 e. The van der Waals surface area contributed by atoms with Crippen molar-refractivity contribution in [3.8, 4) is 0 Å². The van der Waals surface area contributed by atoms with Crippen LogP contribution in [0.5, 0.6) is 0 Å². The molecule has 1 aromatic rings. The van der Waals surface area contributed by atoms with Gasteiger partial charge in [0.05, 0.1) is 4.90 Å². The van der Waals surface area contributed by atoms with E-state index in [1.165, 1.54) is 0 Å². The van der Waals surface area contributed by atoms with Crippen LogP contribution in [0.15, 0.2) is 27.6 Å². The Morgan fingerprint density at radius 2 is 2.14 bits per heavy atom. The fraction of sp³-hybridized carbons (Fsp3) is 0.571. The molecular formula is C14H22BrClN2O2S. The summed E-state index contributed by atoms with van der Waals surface area (Å²) < 4.78 is 28.2. The molecule has 1 heterocycles. The predicted molar refractivity (Wildman–Crippen MR) is 91.6 cm³/mol. The first-order valence-corrected chi connectivity index (χ1v) is 9.19. The van der Waals surface area contributed by atoms with Gasteiger partial charge in [0, 0.05) is 23.6 Å². The average molecular weight is 398 g/mol. The van der Waals surface area contributed by atoms with Gasteiger partial charge >= 0.3 is 0 Å². The van der Waals surface area contributed by atoms with E-state index in [0.717, 1.165) is 31.5 Å². The molecule has 7 heteroatoms. The predicted octanol–water partition coefficient (Wildman–Crippen LogP) is 2.94. The molecule has 1 atom stereocenters. The van der Waals surface area contributed by atoms with E-state index in [2.05, 4.69) is 21.2 Å². The summed E-state index contributed by atoms with van der Waals surface area (Å²) in [5.74, 6) is 0. The van der Waals surface area contributed by atoms with E-state index < -0.39 is 10.0 Å². The van der Waals surface area contributed by atoms with Crippen LogP contribution in [0.25, 0.3) is 0 Å². The summed E-state index contributed by atoms with van der Waals surface area (Å²) in [7, 11) is -3.45. The second-order valence-corrected chi connectivity index (χ2v) is 7.91. The molecule has 0 radical (unpaired) electrons. The van der Waals surface area contributed by atoms with E-state index in [1.54, 1.807) is 16.4 Å². The Kier molecular flexibility index (Phi) is 7.13. The first-order valence-electron chi connectivity index (χ1n) is 6.95. The van der Waals surface area contributed by atoms with Crippen LogP contribution in [-0.4, -0.2) is 38.4 Å². The van der Waals surface area contributed by atoms with Gasteiger partial charge in [-0.05, 0) is 59.9 Å². The standard InChI is InChI=1S/C14H21BrN2O2S.ClH/c1-3-8-17(12-6-7-16-10-12)20(18,19)14-9-11(2)4-5-13(14)15;/h4-5,9,12,16H,3,6-8,10H2,1-2H3;1H. The van der Waals surface area contributed by atoms with Gasteiger partial charge in [-0.25, -0.2) is 8.42 Å². The third-order valence-electron chi connectivity index (χ3n) is 3.56. The van der Waals surface area contributed by atoms with Crippen molar-refractivity contribution in [3.63, 3.8) is 0 Å². The zero-order chi connectivity index (χ0) is 14.8. The number of benzene rings is 1. The lowest BCUT2D eigenvalue weighted by atomic mass is 10.2. The lowest BCUT2D eigenvalue weighted by molar-refractivity contribution is 0.335. The van der Waals surface area contributed by atoms with Crippen LogP contribution in [0.4, 0.5) is 0 Å². The number of sulfonamides is 1. The van der Waals surface area contributed by atoms with E-state index in [1.807, 2.05) is 19.9 Å². The molecule has 1 N–H and O–H groups in total. The number of hydrogen-bond acceptors (Lipinski definition) is 3. The summed E-state index contributed by atoms with van der Waals surface area (Å²) in [6.45, 7) is 6.11. The Morgan fingerprint density at radius 3 is 2.71 bits per heavy atom. The normalized spacial score (nSPS) is 18.8. The Hall–Kier alpha value is -0.140. The lowest BCUT2D eigenvalue weighted by Crippen LogP contribution is -2.42. The summed E-state index contributed by atoms with van der Waals surface area (Å²) in [5, 5.41) is 3.24. The van der Waals surface area contributed by atoms with Crippen molar-refractivity contribution < 1.29 is 8.42 Å². The molecule has 0 bridgehead atoms. The molecule has 4 nitrogen and oxygen atoms in total. The summed E-state index contributed by atoms with van der Waals surface area (Å²) in [4.78, 5) is 0.373. The van der Waals surface area contributed by atoms with Crippen molar-refractivity contribution in [2.24, 2.45) is 0 Å². The van der Waals surface area contributed by atoms with Gasteiger partial charge in [-0.1, -0.05) is 13.0 Å². The maximum Gasteiger partial charge on any atom is 0.244 e. The summed E-state index contributed by atoms with van der Waals surface area (Å²) in [5.41, 5.74) is 0.952. The molecular weight excluding hydrogens is 376 g/mol. The van der Waals surface area contributed by atoms with Crippen LogP contribution in [0.1, 0.15) is 25.3 Å². The second kappa shape index (κ2) is 7.92. The number of nitrogens with zero attached hydrogens (tertiary/aromatic N) is 1. The monoisotopic (exact) mass is 396 g/mol. The number of nitrogens with one attached hydrogen (secondary N) is 1. The fourth-order valence-corrected chi connectivity index (χ4v) is 5.30. The van der Waals surface area contributed by atoms with Crippen molar-refractivity contribution in [3.05, 3.63) is 28.2 Å². The third-order valence-corrected chi connectivity index (χ3v) is 6.50. The Bertz CT molecular complexity index is 574. The molecule has 1 saturated heterocycles. The van der Waals surface area contributed by atoms with Crippen LogP contribution in [0.2, 0.25) is 0 Å². The Balaban J connectivity index is 0.00000220. The minimum atomic E-state index is -3.45.